The van der Waals surface area contributed by atoms with Crippen LogP contribution < -0.4 is 10.6 Å². The molecule has 3 aromatic rings. The summed E-state index contributed by atoms with van der Waals surface area (Å²) in [6.07, 6.45) is 1.87. The van der Waals surface area contributed by atoms with E-state index in [1.54, 1.807) is 17.0 Å². The number of nitrogens with zero attached hydrogens (tertiary/aromatic N) is 2. The largest absolute Gasteiger partial charge is 0.302 e. The van der Waals surface area contributed by atoms with E-state index in [2.05, 4.69) is 20.6 Å². The molecule has 2 heterocycles. The zero-order valence-electron chi connectivity index (χ0n) is 11.9. The van der Waals surface area contributed by atoms with E-state index < -0.39 is 0 Å². The molecule has 0 radical (unpaired) electrons. The van der Waals surface area contributed by atoms with E-state index in [1.807, 2.05) is 30.3 Å². The molecule has 0 fully saturated rings. The van der Waals surface area contributed by atoms with Crippen LogP contribution in [0.25, 0.3) is 0 Å². The van der Waals surface area contributed by atoms with Crippen LogP contribution in [0, 0.1) is 0 Å². The minimum atomic E-state index is -0.347. The van der Waals surface area contributed by atoms with Crippen LogP contribution in [0.3, 0.4) is 0 Å². The third-order valence-corrected chi connectivity index (χ3v) is 4.29. The quantitative estimate of drug-likeness (QED) is 0.745. The summed E-state index contributed by atoms with van der Waals surface area (Å²) in [6.45, 7) is 0. The number of aromatic nitrogens is 2. The molecule has 2 N–H and O–H groups in total. The summed E-state index contributed by atoms with van der Waals surface area (Å²) < 4.78 is 0. The van der Waals surface area contributed by atoms with Gasteiger partial charge in [0.15, 0.2) is 10.3 Å². The summed E-state index contributed by atoms with van der Waals surface area (Å²) in [4.78, 5) is 32.1. The summed E-state index contributed by atoms with van der Waals surface area (Å²) in [5, 5.41) is 9.62. The maximum Gasteiger partial charge on any atom is 0.276 e. The average Bonchev–Trinajstić information content (AvgIpc) is 3.20. The molecule has 0 aliphatic heterocycles. The highest BCUT2D eigenvalue weighted by molar-refractivity contribution is 7.14. The average molecular weight is 344 g/mol. The maximum absolute atomic E-state index is 12.0. The van der Waals surface area contributed by atoms with Gasteiger partial charge < -0.3 is 5.32 Å². The molecule has 0 bridgehead atoms. The van der Waals surface area contributed by atoms with Gasteiger partial charge in [-0.25, -0.2) is 9.97 Å². The molecule has 2 aromatic heterocycles. The Balaban J connectivity index is 1.58. The highest BCUT2D eigenvalue weighted by Crippen LogP contribution is 2.18. The molecule has 3 rings (SSSR count). The van der Waals surface area contributed by atoms with Gasteiger partial charge in [0.25, 0.3) is 5.91 Å². The number of hydrogen-bond donors (Lipinski definition) is 2. The monoisotopic (exact) mass is 344 g/mol. The minimum absolute atomic E-state index is 0.169. The molecule has 0 aliphatic carbocycles. The summed E-state index contributed by atoms with van der Waals surface area (Å²) in [7, 11) is 0. The van der Waals surface area contributed by atoms with Crippen LogP contribution in [0.15, 0.2) is 47.3 Å². The molecular formula is C15H12N4O2S2. The van der Waals surface area contributed by atoms with Gasteiger partial charge in [0.1, 0.15) is 5.69 Å². The van der Waals surface area contributed by atoms with Gasteiger partial charge in [0.2, 0.25) is 5.91 Å². The zero-order chi connectivity index (χ0) is 16.1. The Labute approximate surface area is 140 Å². The zero-order valence-corrected chi connectivity index (χ0v) is 13.5. The number of anilines is 2. The Morgan fingerprint density at radius 3 is 2.61 bits per heavy atom. The van der Waals surface area contributed by atoms with E-state index in [1.165, 1.54) is 22.7 Å². The number of amides is 2. The summed E-state index contributed by atoms with van der Waals surface area (Å²) in [5.41, 5.74) is 1.17. The highest BCUT2D eigenvalue weighted by atomic mass is 32.1. The Morgan fingerprint density at radius 1 is 1.04 bits per heavy atom. The number of carbonyl (C=O) groups is 2. The van der Waals surface area contributed by atoms with Crippen molar-refractivity contribution < 1.29 is 9.59 Å². The molecule has 0 unspecified atom stereocenters. The van der Waals surface area contributed by atoms with E-state index in [0.717, 1.165) is 5.56 Å². The third kappa shape index (κ3) is 4.21. The highest BCUT2D eigenvalue weighted by Gasteiger charge is 2.13. The van der Waals surface area contributed by atoms with Gasteiger partial charge in [0.05, 0.1) is 6.42 Å². The molecule has 1 aromatic carbocycles. The minimum Gasteiger partial charge on any atom is -0.302 e. The molecule has 2 amide bonds. The first kappa shape index (κ1) is 15.3. The Hall–Kier alpha value is -2.58. The number of carbonyl (C=O) groups excluding carboxylic acids is 2. The Morgan fingerprint density at radius 2 is 1.87 bits per heavy atom. The van der Waals surface area contributed by atoms with Crippen LogP contribution in [0.5, 0.6) is 0 Å². The van der Waals surface area contributed by atoms with Gasteiger partial charge in [-0.15, -0.1) is 22.7 Å². The molecule has 0 aliphatic rings. The van der Waals surface area contributed by atoms with Gasteiger partial charge in [-0.05, 0) is 5.56 Å². The van der Waals surface area contributed by atoms with Crippen LogP contribution >= 0.6 is 22.7 Å². The van der Waals surface area contributed by atoms with Gasteiger partial charge in [-0.1, -0.05) is 30.3 Å². The van der Waals surface area contributed by atoms with E-state index in [4.69, 9.17) is 0 Å². The van der Waals surface area contributed by atoms with Crippen molar-refractivity contribution in [1.82, 2.24) is 9.97 Å². The molecular weight excluding hydrogens is 332 g/mol. The first-order chi connectivity index (χ1) is 11.2. The van der Waals surface area contributed by atoms with Crippen LogP contribution in [0.1, 0.15) is 16.1 Å². The lowest BCUT2D eigenvalue weighted by atomic mass is 10.1. The van der Waals surface area contributed by atoms with Gasteiger partial charge >= 0.3 is 0 Å². The second-order valence-electron chi connectivity index (χ2n) is 4.54. The van der Waals surface area contributed by atoms with Crippen LogP contribution in [0.2, 0.25) is 0 Å². The summed E-state index contributed by atoms with van der Waals surface area (Å²) in [5.74, 6) is -0.516. The second-order valence-corrected chi connectivity index (χ2v) is 6.29. The molecule has 0 spiro atoms. The fraction of sp³-hybridized carbons (Fsp3) is 0.0667. The Bertz CT molecular complexity index is 800. The predicted molar refractivity (Wildman–Crippen MR) is 91.0 cm³/mol. The van der Waals surface area contributed by atoms with E-state index in [0.29, 0.717) is 10.3 Å². The van der Waals surface area contributed by atoms with Crippen molar-refractivity contribution in [3.63, 3.8) is 0 Å². The SMILES string of the molecule is O=C(Cc1ccccc1)Nc1nc(C(=O)Nc2nccs2)cs1. The van der Waals surface area contributed by atoms with Crippen molar-refractivity contribution in [2.75, 3.05) is 10.6 Å². The van der Waals surface area contributed by atoms with E-state index >= 15 is 0 Å². The number of nitrogens with one attached hydrogen (secondary N) is 2. The van der Waals surface area contributed by atoms with Crippen molar-refractivity contribution in [2.45, 2.75) is 6.42 Å². The number of benzene rings is 1. The number of hydrogen-bond acceptors (Lipinski definition) is 6. The molecule has 0 saturated carbocycles. The first-order valence-corrected chi connectivity index (χ1v) is 8.47. The molecule has 116 valence electrons. The maximum atomic E-state index is 12.0. The molecule has 8 heteroatoms. The van der Waals surface area contributed by atoms with Crippen LogP contribution in [-0.2, 0) is 11.2 Å². The second kappa shape index (κ2) is 7.12. The van der Waals surface area contributed by atoms with E-state index in [9.17, 15) is 9.59 Å². The lowest BCUT2D eigenvalue weighted by Gasteiger charge is -2.01. The van der Waals surface area contributed by atoms with Crippen molar-refractivity contribution in [3.05, 3.63) is 58.5 Å². The first-order valence-electron chi connectivity index (χ1n) is 6.71. The van der Waals surface area contributed by atoms with Crippen LogP contribution in [0.4, 0.5) is 10.3 Å². The van der Waals surface area contributed by atoms with Crippen molar-refractivity contribution in [3.8, 4) is 0 Å². The van der Waals surface area contributed by atoms with Crippen molar-refractivity contribution >= 4 is 44.8 Å². The lowest BCUT2D eigenvalue weighted by molar-refractivity contribution is -0.115. The summed E-state index contributed by atoms with van der Waals surface area (Å²) in [6, 6.07) is 9.43. The number of rotatable bonds is 5. The standard InChI is InChI=1S/C15H12N4O2S2/c20-12(8-10-4-2-1-3-5-10)18-15-17-11(9-23-15)13(21)19-14-16-6-7-22-14/h1-7,9H,8H2,(H,16,19,21)(H,17,18,20). The lowest BCUT2D eigenvalue weighted by Crippen LogP contribution is -2.15. The summed E-state index contributed by atoms with van der Waals surface area (Å²) >= 11 is 2.54. The van der Waals surface area contributed by atoms with Crippen molar-refractivity contribution in [1.29, 1.82) is 0 Å². The Kier molecular flexibility index (Phi) is 4.74. The molecule has 23 heavy (non-hydrogen) atoms. The third-order valence-electron chi connectivity index (χ3n) is 2.84. The number of thiazole rings is 2. The molecule has 0 atom stereocenters. The molecule has 6 nitrogen and oxygen atoms in total. The predicted octanol–water partition coefficient (Wildman–Crippen LogP) is 3.03. The van der Waals surface area contributed by atoms with E-state index in [-0.39, 0.29) is 23.9 Å². The van der Waals surface area contributed by atoms with Gasteiger partial charge in [-0.3, -0.25) is 14.9 Å². The normalized spacial score (nSPS) is 10.3. The van der Waals surface area contributed by atoms with Crippen molar-refractivity contribution in [2.24, 2.45) is 0 Å². The topological polar surface area (TPSA) is 84.0 Å². The fourth-order valence-electron chi connectivity index (χ4n) is 1.83. The van der Waals surface area contributed by atoms with Crippen LogP contribution in [-0.4, -0.2) is 21.8 Å². The van der Waals surface area contributed by atoms with Gasteiger partial charge in [-0.2, -0.15) is 0 Å². The smallest absolute Gasteiger partial charge is 0.276 e. The van der Waals surface area contributed by atoms with Gasteiger partial charge in [0, 0.05) is 17.0 Å². The molecule has 0 saturated heterocycles. The fourth-order valence-corrected chi connectivity index (χ4v) is 3.06.